The molecule has 9 nitrogen and oxygen atoms in total. The number of halogens is 3. The fraction of sp³-hybridized carbons (Fsp3) is 0.429. The maximum absolute atomic E-state index is 13.2. The maximum atomic E-state index is 13.2. The number of ether oxygens (including phenoxy) is 1. The molecule has 0 spiro atoms. The standard InChI is InChI=1S/C21H20F3N5O4/c22-21(23,24)20-26-18(27-33-20)11-4-5-12-8-28(19(31)15(12)6-11)13-2-1-3-14(7-13)29-10-32-9-16(29)17(25)30/h4-6,9,13-14H,1-3,7-8,10H2,(H2,25,30)/t13-,14?/m1/s1. The second-order valence-corrected chi connectivity index (χ2v) is 8.33. The van der Waals surface area contributed by atoms with Gasteiger partial charge in [-0.2, -0.15) is 18.2 Å². The van der Waals surface area contributed by atoms with Crippen molar-refractivity contribution in [2.24, 2.45) is 5.73 Å². The summed E-state index contributed by atoms with van der Waals surface area (Å²) in [6.07, 6.45) is -0.189. The summed E-state index contributed by atoms with van der Waals surface area (Å²) in [4.78, 5) is 31.9. The van der Waals surface area contributed by atoms with Crippen LogP contribution in [0.4, 0.5) is 13.2 Å². The molecule has 33 heavy (non-hydrogen) atoms. The summed E-state index contributed by atoms with van der Waals surface area (Å²) in [5.41, 5.74) is 7.25. The number of fused-ring (bicyclic) bond motifs is 1. The Kier molecular flexibility index (Phi) is 5.02. The van der Waals surface area contributed by atoms with Crippen LogP contribution in [0.25, 0.3) is 11.4 Å². The molecule has 2 aliphatic heterocycles. The van der Waals surface area contributed by atoms with Gasteiger partial charge in [0.25, 0.3) is 11.8 Å². The van der Waals surface area contributed by atoms with Crippen LogP contribution in [-0.2, 0) is 22.3 Å². The summed E-state index contributed by atoms with van der Waals surface area (Å²) < 4.78 is 47.9. The molecule has 0 saturated heterocycles. The minimum atomic E-state index is -4.74. The number of amides is 2. The van der Waals surface area contributed by atoms with Gasteiger partial charge in [0.15, 0.2) is 6.73 Å². The van der Waals surface area contributed by atoms with E-state index in [1.807, 2.05) is 4.90 Å². The summed E-state index contributed by atoms with van der Waals surface area (Å²) in [6, 6.07) is 4.75. The Morgan fingerprint density at radius 3 is 2.64 bits per heavy atom. The van der Waals surface area contributed by atoms with Crippen LogP contribution in [0.2, 0.25) is 0 Å². The predicted molar refractivity (Wildman–Crippen MR) is 106 cm³/mol. The van der Waals surface area contributed by atoms with E-state index in [1.165, 1.54) is 12.3 Å². The molecule has 3 aliphatic rings. The van der Waals surface area contributed by atoms with Crippen molar-refractivity contribution in [2.45, 2.75) is 50.5 Å². The topological polar surface area (TPSA) is 115 Å². The predicted octanol–water partition coefficient (Wildman–Crippen LogP) is 2.64. The van der Waals surface area contributed by atoms with Crippen LogP contribution in [0.1, 0.15) is 47.5 Å². The first-order valence-electron chi connectivity index (χ1n) is 10.5. The number of hydrogen-bond acceptors (Lipinski definition) is 7. The Labute approximate surface area is 186 Å². The fourth-order valence-corrected chi connectivity index (χ4v) is 4.75. The van der Waals surface area contributed by atoms with Crippen LogP contribution < -0.4 is 5.73 Å². The molecule has 5 rings (SSSR count). The van der Waals surface area contributed by atoms with Crippen LogP contribution >= 0.6 is 0 Å². The van der Waals surface area contributed by atoms with Crippen LogP contribution in [0, 0.1) is 0 Å². The van der Waals surface area contributed by atoms with Crippen molar-refractivity contribution in [1.29, 1.82) is 0 Å². The molecule has 0 bridgehead atoms. The van der Waals surface area contributed by atoms with Crippen molar-refractivity contribution in [2.75, 3.05) is 6.73 Å². The first-order valence-corrected chi connectivity index (χ1v) is 10.5. The molecule has 0 radical (unpaired) electrons. The molecule has 2 N–H and O–H groups in total. The van der Waals surface area contributed by atoms with Crippen molar-refractivity contribution in [3.8, 4) is 11.4 Å². The lowest BCUT2D eigenvalue weighted by Gasteiger charge is -2.39. The van der Waals surface area contributed by atoms with Crippen LogP contribution in [0.5, 0.6) is 0 Å². The lowest BCUT2D eigenvalue weighted by Crippen LogP contribution is -2.46. The SMILES string of the molecule is NC(=O)C1=COCN1C1CCC[C@@H](N2Cc3ccc(-c4noc(C(F)(F)F)n4)cc3C2=O)C1. The third-order valence-corrected chi connectivity index (χ3v) is 6.34. The van der Waals surface area contributed by atoms with Gasteiger partial charge in [-0.25, -0.2) is 0 Å². The Morgan fingerprint density at radius 1 is 1.18 bits per heavy atom. The Bertz CT molecular complexity index is 1150. The number of nitrogens with two attached hydrogens (primary N) is 1. The molecule has 2 aromatic rings. The molecule has 1 aromatic carbocycles. The molecule has 3 heterocycles. The smallest absolute Gasteiger partial charge is 0.471 e. The van der Waals surface area contributed by atoms with E-state index in [-0.39, 0.29) is 36.1 Å². The van der Waals surface area contributed by atoms with Gasteiger partial charge >= 0.3 is 12.1 Å². The minimum absolute atomic E-state index is 0.0113. The van der Waals surface area contributed by atoms with E-state index in [2.05, 4.69) is 14.7 Å². The summed E-state index contributed by atoms with van der Waals surface area (Å²) in [5, 5.41) is 3.40. The van der Waals surface area contributed by atoms with Crippen molar-refractivity contribution >= 4 is 11.8 Å². The van der Waals surface area contributed by atoms with Gasteiger partial charge in [0.1, 0.15) is 12.0 Å². The van der Waals surface area contributed by atoms with Crippen LogP contribution in [-0.4, -0.2) is 50.6 Å². The number of aromatic nitrogens is 2. The lowest BCUT2D eigenvalue weighted by atomic mass is 9.89. The van der Waals surface area contributed by atoms with Gasteiger partial charge in [0.05, 0.1) is 0 Å². The van der Waals surface area contributed by atoms with Crippen LogP contribution in [0.15, 0.2) is 34.7 Å². The van der Waals surface area contributed by atoms with Crippen molar-refractivity contribution in [3.63, 3.8) is 0 Å². The Balaban J connectivity index is 1.33. The number of primary amides is 1. The van der Waals surface area contributed by atoms with Crippen molar-refractivity contribution < 1.29 is 32.0 Å². The zero-order valence-corrected chi connectivity index (χ0v) is 17.3. The van der Waals surface area contributed by atoms with E-state index in [1.54, 1.807) is 17.0 Å². The fourth-order valence-electron chi connectivity index (χ4n) is 4.75. The van der Waals surface area contributed by atoms with E-state index in [4.69, 9.17) is 10.5 Å². The number of carbonyl (C=O) groups is 2. The number of benzene rings is 1. The summed E-state index contributed by atoms with van der Waals surface area (Å²) in [7, 11) is 0. The molecule has 1 aliphatic carbocycles. The average Bonchev–Trinajstić information content (AvgIpc) is 3.52. The zero-order valence-electron chi connectivity index (χ0n) is 17.3. The van der Waals surface area contributed by atoms with Gasteiger partial charge < -0.3 is 24.8 Å². The number of hydrogen-bond donors (Lipinski definition) is 1. The number of alkyl halides is 3. The van der Waals surface area contributed by atoms with Crippen molar-refractivity contribution in [3.05, 3.63) is 47.2 Å². The van der Waals surface area contributed by atoms with Gasteiger partial charge in [-0.05, 0) is 37.3 Å². The van der Waals surface area contributed by atoms with E-state index in [0.29, 0.717) is 24.2 Å². The van der Waals surface area contributed by atoms with Gasteiger partial charge in [-0.15, -0.1) is 0 Å². The van der Waals surface area contributed by atoms with E-state index >= 15 is 0 Å². The molecule has 1 saturated carbocycles. The van der Waals surface area contributed by atoms with E-state index in [9.17, 15) is 22.8 Å². The largest absolute Gasteiger partial charge is 0.478 e. The zero-order chi connectivity index (χ0) is 23.3. The number of carbonyl (C=O) groups excluding carboxylic acids is 2. The summed E-state index contributed by atoms with van der Waals surface area (Å²) in [5.74, 6) is -2.41. The highest BCUT2D eigenvalue weighted by molar-refractivity contribution is 5.99. The van der Waals surface area contributed by atoms with Gasteiger partial charge in [-0.3, -0.25) is 9.59 Å². The molecule has 2 amide bonds. The van der Waals surface area contributed by atoms with E-state index in [0.717, 1.165) is 24.8 Å². The molecular formula is C21H20F3N5O4. The Hall–Kier alpha value is -3.57. The highest BCUT2D eigenvalue weighted by Gasteiger charge is 2.40. The van der Waals surface area contributed by atoms with Crippen LogP contribution in [0.3, 0.4) is 0 Å². The normalized spacial score (nSPS) is 22.9. The summed E-state index contributed by atoms with van der Waals surface area (Å²) >= 11 is 0. The highest BCUT2D eigenvalue weighted by atomic mass is 19.4. The second-order valence-electron chi connectivity index (χ2n) is 8.33. The number of rotatable bonds is 4. The number of nitrogens with zero attached hydrogens (tertiary/aromatic N) is 4. The Morgan fingerprint density at radius 2 is 1.94 bits per heavy atom. The van der Waals surface area contributed by atoms with Gasteiger partial charge in [-0.1, -0.05) is 17.3 Å². The second kappa shape index (κ2) is 7.78. The molecule has 12 heteroatoms. The molecule has 1 unspecified atom stereocenters. The van der Waals surface area contributed by atoms with Crippen molar-refractivity contribution in [1.82, 2.24) is 19.9 Å². The van der Waals surface area contributed by atoms with E-state index < -0.39 is 18.0 Å². The quantitative estimate of drug-likeness (QED) is 0.741. The average molecular weight is 463 g/mol. The first kappa shape index (κ1) is 21.3. The molecule has 1 aromatic heterocycles. The highest BCUT2D eigenvalue weighted by Crippen LogP contribution is 2.36. The third kappa shape index (κ3) is 3.79. The molecule has 1 fully saturated rings. The molecular weight excluding hydrogens is 443 g/mol. The maximum Gasteiger partial charge on any atom is 0.471 e. The van der Waals surface area contributed by atoms with Gasteiger partial charge in [0.2, 0.25) is 5.82 Å². The lowest BCUT2D eigenvalue weighted by molar-refractivity contribution is -0.159. The molecule has 174 valence electrons. The monoisotopic (exact) mass is 463 g/mol. The third-order valence-electron chi connectivity index (χ3n) is 6.34. The van der Waals surface area contributed by atoms with Gasteiger partial charge in [0, 0.05) is 29.8 Å². The molecule has 2 atom stereocenters. The minimum Gasteiger partial charge on any atom is -0.478 e. The summed E-state index contributed by atoms with van der Waals surface area (Å²) in [6.45, 7) is 0.651. The first-order chi connectivity index (χ1) is 15.7.